The molecule has 0 aliphatic carbocycles. The predicted molar refractivity (Wildman–Crippen MR) is 82.1 cm³/mol. The second-order valence-corrected chi connectivity index (χ2v) is 4.72. The first-order valence-corrected chi connectivity index (χ1v) is 6.71. The maximum Gasteiger partial charge on any atom is 0.259 e. The number of hydrogen-bond donors (Lipinski definition) is 3. The number of phenols is 1. The summed E-state index contributed by atoms with van der Waals surface area (Å²) in [5.41, 5.74) is 6.02. The zero-order valence-electron chi connectivity index (χ0n) is 11.2. The van der Waals surface area contributed by atoms with E-state index in [2.05, 4.69) is 5.32 Å². The number of carbonyl (C=O) groups is 1. The van der Waals surface area contributed by atoms with E-state index in [1.807, 2.05) is 0 Å². The zero-order chi connectivity index (χ0) is 15.2. The molecule has 0 heterocycles. The van der Waals surface area contributed by atoms with Gasteiger partial charge in [-0.2, -0.15) is 0 Å². The molecule has 110 valence electrons. The fourth-order valence-corrected chi connectivity index (χ4v) is 1.90. The van der Waals surface area contributed by atoms with E-state index in [1.54, 1.807) is 24.3 Å². The summed E-state index contributed by atoms with van der Waals surface area (Å²) < 4.78 is 5.38. The van der Waals surface area contributed by atoms with Crippen molar-refractivity contribution in [3.8, 4) is 11.5 Å². The van der Waals surface area contributed by atoms with Gasteiger partial charge in [0.2, 0.25) is 0 Å². The number of nitrogens with one attached hydrogen (secondary N) is 1. The monoisotopic (exact) mass is 306 g/mol. The average molecular weight is 307 g/mol. The van der Waals surface area contributed by atoms with Crippen LogP contribution in [0.5, 0.6) is 11.5 Å². The van der Waals surface area contributed by atoms with Gasteiger partial charge in [0.1, 0.15) is 18.1 Å². The zero-order valence-corrected chi connectivity index (χ0v) is 11.9. The average Bonchev–Trinajstić information content (AvgIpc) is 2.48. The van der Waals surface area contributed by atoms with Crippen LogP contribution < -0.4 is 15.8 Å². The Morgan fingerprint density at radius 2 is 2.10 bits per heavy atom. The van der Waals surface area contributed by atoms with E-state index in [4.69, 9.17) is 22.1 Å². The predicted octanol–water partition coefficient (Wildman–Crippen LogP) is 2.64. The Hall–Kier alpha value is -2.24. The summed E-state index contributed by atoms with van der Waals surface area (Å²) in [6.45, 7) is 0.805. The van der Waals surface area contributed by atoms with Crippen LogP contribution in [0, 0.1) is 0 Å². The highest BCUT2D eigenvalue weighted by Crippen LogP contribution is 2.23. The summed E-state index contributed by atoms with van der Waals surface area (Å²) in [4.78, 5) is 12.1. The smallest absolute Gasteiger partial charge is 0.259 e. The standard InChI is InChI=1S/C15H15ClN2O3/c16-10-4-5-14(19)13(8-10)15(20)18-11-2-1-3-12(9-11)21-7-6-17/h1-5,8-9,19H,6-7,17H2,(H,18,20). The van der Waals surface area contributed by atoms with E-state index in [-0.39, 0.29) is 11.3 Å². The van der Waals surface area contributed by atoms with Gasteiger partial charge in [0.15, 0.2) is 0 Å². The lowest BCUT2D eigenvalue weighted by molar-refractivity contribution is 0.102. The van der Waals surface area contributed by atoms with Crippen molar-refractivity contribution >= 4 is 23.2 Å². The van der Waals surface area contributed by atoms with E-state index in [9.17, 15) is 9.90 Å². The molecular weight excluding hydrogens is 292 g/mol. The van der Waals surface area contributed by atoms with Crippen molar-refractivity contribution in [2.45, 2.75) is 0 Å². The molecule has 1 amide bonds. The summed E-state index contributed by atoms with van der Waals surface area (Å²) in [5, 5.41) is 12.7. The maximum absolute atomic E-state index is 12.1. The highest BCUT2D eigenvalue weighted by molar-refractivity contribution is 6.31. The quantitative estimate of drug-likeness (QED) is 0.793. The molecule has 5 nitrogen and oxygen atoms in total. The SMILES string of the molecule is NCCOc1cccc(NC(=O)c2cc(Cl)ccc2O)c1. The van der Waals surface area contributed by atoms with Crippen molar-refractivity contribution in [2.24, 2.45) is 5.73 Å². The lowest BCUT2D eigenvalue weighted by atomic mass is 10.2. The van der Waals surface area contributed by atoms with Crippen LogP contribution in [0.25, 0.3) is 0 Å². The summed E-state index contributed by atoms with van der Waals surface area (Å²) >= 11 is 5.82. The van der Waals surface area contributed by atoms with Crippen LogP contribution >= 0.6 is 11.6 Å². The minimum absolute atomic E-state index is 0.107. The second kappa shape index (κ2) is 6.97. The van der Waals surface area contributed by atoms with Crippen molar-refractivity contribution in [1.29, 1.82) is 0 Å². The van der Waals surface area contributed by atoms with Crippen LogP contribution in [0.15, 0.2) is 42.5 Å². The number of ether oxygens (including phenoxy) is 1. The Balaban J connectivity index is 2.14. The van der Waals surface area contributed by atoms with Crippen molar-refractivity contribution in [3.63, 3.8) is 0 Å². The molecule has 0 bridgehead atoms. The van der Waals surface area contributed by atoms with E-state index >= 15 is 0 Å². The van der Waals surface area contributed by atoms with Gasteiger partial charge in [0.05, 0.1) is 5.56 Å². The Kier molecular flexibility index (Phi) is 5.03. The number of anilines is 1. The van der Waals surface area contributed by atoms with Gasteiger partial charge in [0, 0.05) is 23.3 Å². The van der Waals surface area contributed by atoms with Gasteiger partial charge in [-0.1, -0.05) is 17.7 Å². The first-order chi connectivity index (χ1) is 10.1. The van der Waals surface area contributed by atoms with Crippen molar-refractivity contribution in [2.75, 3.05) is 18.5 Å². The summed E-state index contributed by atoms with van der Waals surface area (Å²) in [7, 11) is 0. The van der Waals surface area contributed by atoms with Crippen LogP contribution in [-0.4, -0.2) is 24.2 Å². The molecule has 0 fully saturated rings. The normalized spacial score (nSPS) is 10.2. The van der Waals surface area contributed by atoms with Crippen molar-refractivity contribution in [1.82, 2.24) is 0 Å². The number of rotatable bonds is 5. The number of aromatic hydroxyl groups is 1. The second-order valence-electron chi connectivity index (χ2n) is 4.28. The minimum atomic E-state index is -0.453. The summed E-state index contributed by atoms with van der Waals surface area (Å²) in [6.07, 6.45) is 0. The molecule has 21 heavy (non-hydrogen) atoms. The molecule has 0 spiro atoms. The molecule has 6 heteroatoms. The maximum atomic E-state index is 12.1. The number of hydrogen-bond acceptors (Lipinski definition) is 4. The van der Waals surface area contributed by atoms with E-state index in [1.165, 1.54) is 18.2 Å². The molecule has 2 rings (SSSR count). The molecular formula is C15H15ClN2O3. The third-order valence-electron chi connectivity index (χ3n) is 2.68. The Bertz CT molecular complexity index is 647. The van der Waals surface area contributed by atoms with E-state index in [0.717, 1.165) is 0 Å². The fourth-order valence-electron chi connectivity index (χ4n) is 1.73. The molecule has 0 aliphatic heterocycles. The molecule has 0 aromatic heterocycles. The largest absolute Gasteiger partial charge is 0.507 e. The summed E-state index contributed by atoms with van der Waals surface area (Å²) in [5.74, 6) is 0.0203. The molecule has 0 saturated carbocycles. The third kappa shape index (κ3) is 4.11. The van der Waals surface area contributed by atoms with Gasteiger partial charge < -0.3 is 20.9 Å². The topological polar surface area (TPSA) is 84.6 Å². The highest BCUT2D eigenvalue weighted by atomic mass is 35.5. The molecule has 2 aromatic rings. The number of carbonyl (C=O) groups excluding carboxylic acids is 1. The molecule has 0 unspecified atom stereocenters. The molecule has 0 aliphatic rings. The molecule has 4 N–H and O–H groups in total. The van der Waals surface area contributed by atoms with Crippen molar-refractivity contribution < 1.29 is 14.6 Å². The van der Waals surface area contributed by atoms with Gasteiger partial charge in [-0.15, -0.1) is 0 Å². The summed E-state index contributed by atoms with van der Waals surface area (Å²) in [6, 6.07) is 11.2. The lowest BCUT2D eigenvalue weighted by Gasteiger charge is -2.09. The van der Waals surface area contributed by atoms with E-state index < -0.39 is 5.91 Å². The number of halogens is 1. The van der Waals surface area contributed by atoms with Crippen LogP contribution in [-0.2, 0) is 0 Å². The van der Waals surface area contributed by atoms with Gasteiger partial charge in [-0.3, -0.25) is 4.79 Å². The van der Waals surface area contributed by atoms with Gasteiger partial charge in [0.25, 0.3) is 5.91 Å². The Morgan fingerprint density at radius 3 is 2.86 bits per heavy atom. The number of amides is 1. The first-order valence-electron chi connectivity index (χ1n) is 6.33. The molecule has 2 aromatic carbocycles. The Labute approximate surface area is 127 Å². The number of benzene rings is 2. The molecule has 0 saturated heterocycles. The third-order valence-corrected chi connectivity index (χ3v) is 2.92. The number of phenolic OH excluding ortho intramolecular Hbond substituents is 1. The molecule has 0 radical (unpaired) electrons. The van der Waals surface area contributed by atoms with Gasteiger partial charge in [-0.25, -0.2) is 0 Å². The van der Waals surface area contributed by atoms with Crippen LogP contribution in [0.3, 0.4) is 0 Å². The van der Waals surface area contributed by atoms with Crippen LogP contribution in [0.1, 0.15) is 10.4 Å². The van der Waals surface area contributed by atoms with E-state index in [0.29, 0.717) is 29.6 Å². The number of nitrogens with two attached hydrogens (primary N) is 1. The van der Waals surface area contributed by atoms with Crippen molar-refractivity contribution in [3.05, 3.63) is 53.1 Å². The van der Waals surface area contributed by atoms with Crippen LogP contribution in [0.4, 0.5) is 5.69 Å². The highest BCUT2D eigenvalue weighted by Gasteiger charge is 2.12. The van der Waals surface area contributed by atoms with Gasteiger partial charge in [-0.05, 0) is 30.3 Å². The van der Waals surface area contributed by atoms with Gasteiger partial charge >= 0.3 is 0 Å². The Morgan fingerprint density at radius 1 is 1.29 bits per heavy atom. The molecule has 0 atom stereocenters. The fraction of sp³-hybridized carbons (Fsp3) is 0.133. The first kappa shape index (κ1) is 15.2. The minimum Gasteiger partial charge on any atom is -0.507 e. The van der Waals surface area contributed by atoms with Crippen LogP contribution in [0.2, 0.25) is 5.02 Å². The lowest BCUT2D eigenvalue weighted by Crippen LogP contribution is -2.13.